The number of hydrogen-bond donors (Lipinski definition) is 2. The first-order valence-corrected chi connectivity index (χ1v) is 8.95. The van der Waals surface area contributed by atoms with Crippen molar-refractivity contribution in [3.05, 3.63) is 35.4 Å². The number of benzene rings is 1. The molecule has 23 heavy (non-hydrogen) atoms. The molecule has 1 aromatic carbocycles. The highest BCUT2D eigenvalue weighted by molar-refractivity contribution is 5.78. The van der Waals surface area contributed by atoms with Crippen molar-refractivity contribution < 1.29 is 4.79 Å². The average Bonchev–Trinajstić information content (AvgIpc) is 2.58. The Morgan fingerprint density at radius 2 is 2.00 bits per heavy atom. The van der Waals surface area contributed by atoms with E-state index in [9.17, 15) is 4.79 Å². The van der Waals surface area contributed by atoms with Crippen molar-refractivity contribution in [3.63, 3.8) is 0 Å². The summed E-state index contributed by atoms with van der Waals surface area (Å²) in [5.74, 6) is 0.256. The van der Waals surface area contributed by atoms with E-state index in [-0.39, 0.29) is 17.9 Å². The van der Waals surface area contributed by atoms with E-state index in [4.69, 9.17) is 5.73 Å². The van der Waals surface area contributed by atoms with Gasteiger partial charge in [0.15, 0.2) is 0 Å². The minimum absolute atomic E-state index is 0.0950. The molecule has 0 bridgehead atoms. The summed E-state index contributed by atoms with van der Waals surface area (Å²) in [6, 6.07) is 8.71. The van der Waals surface area contributed by atoms with Crippen LogP contribution in [0.3, 0.4) is 0 Å². The third-order valence-corrected chi connectivity index (χ3v) is 4.84. The van der Waals surface area contributed by atoms with Crippen molar-refractivity contribution in [1.82, 2.24) is 10.2 Å². The molecule has 1 aliphatic rings. The monoisotopic (exact) mass is 317 g/mol. The fraction of sp³-hybridized carbons (Fsp3) is 0.632. The third kappa shape index (κ3) is 5.63. The van der Waals surface area contributed by atoms with Crippen molar-refractivity contribution >= 4 is 5.91 Å². The van der Waals surface area contributed by atoms with Crippen molar-refractivity contribution in [2.24, 2.45) is 11.7 Å². The van der Waals surface area contributed by atoms with Crippen LogP contribution in [-0.2, 0) is 17.9 Å². The van der Waals surface area contributed by atoms with Gasteiger partial charge in [0.2, 0.25) is 5.91 Å². The summed E-state index contributed by atoms with van der Waals surface area (Å²) in [6.45, 7) is 8.05. The van der Waals surface area contributed by atoms with Gasteiger partial charge in [-0.1, -0.05) is 44.5 Å². The number of carbonyl (C=O) groups is 1. The molecule has 0 radical (unpaired) electrons. The van der Waals surface area contributed by atoms with Crippen LogP contribution in [0.15, 0.2) is 24.3 Å². The Hall–Kier alpha value is -1.39. The Bertz CT molecular complexity index is 499. The third-order valence-electron chi connectivity index (χ3n) is 4.84. The van der Waals surface area contributed by atoms with Crippen molar-refractivity contribution in [2.75, 3.05) is 13.1 Å². The molecule has 0 heterocycles. The zero-order valence-electron chi connectivity index (χ0n) is 14.6. The highest BCUT2D eigenvalue weighted by atomic mass is 16.1. The first-order valence-electron chi connectivity index (χ1n) is 8.95. The van der Waals surface area contributed by atoms with Gasteiger partial charge in [-0.25, -0.2) is 0 Å². The predicted octanol–water partition coefficient (Wildman–Crippen LogP) is 2.66. The number of amides is 1. The Morgan fingerprint density at radius 1 is 1.26 bits per heavy atom. The first kappa shape index (κ1) is 18.0. The van der Waals surface area contributed by atoms with Crippen LogP contribution in [0.4, 0.5) is 0 Å². The zero-order chi connectivity index (χ0) is 16.7. The van der Waals surface area contributed by atoms with E-state index in [1.807, 2.05) is 0 Å². The van der Waals surface area contributed by atoms with Crippen LogP contribution in [0, 0.1) is 5.92 Å². The van der Waals surface area contributed by atoms with Crippen LogP contribution in [0.2, 0.25) is 0 Å². The van der Waals surface area contributed by atoms with Gasteiger partial charge < -0.3 is 11.1 Å². The normalized spacial score (nSPS) is 21.4. The lowest BCUT2D eigenvalue weighted by Gasteiger charge is -2.25. The van der Waals surface area contributed by atoms with Gasteiger partial charge in [0.05, 0.1) is 0 Å². The zero-order valence-corrected chi connectivity index (χ0v) is 14.6. The standard InChI is InChI=1S/C19H31N3O/c1-3-22(4-2)14-16-8-5-7-15(11-16)13-21-19(23)17-9-6-10-18(20)12-17/h5,7-8,11,17-18H,3-4,6,9-10,12-14,20H2,1-2H3,(H,21,23). The van der Waals surface area contributed by atoms with Gasteiger partial charge in [0, 0.05) is 25.0 Å². The number of nitrogens with one attached hydrogen (secondary N) is 1. The molecule has 128 valence electrons. The second-order valence-corrected chi connectivity index (χ2v) is 6.62. The Balaban J connectivity index is 1.86. The molecule has 2 atom stereocenters. The summed E-state index contributed by atoms with van der Waals surface area (Å²) in [4.78, 5) is 14.7. The molecule has 2 rings (SSSR count). The lowest BCUT2D eigenvalue weighted by molar-refractivity contribution is -0.126. The minimum atomic E-state index is 0.0950. The summed E-state index contributed by atoms with van der Waals surface area (Å²) in [5.41, 5.74) is 8.45. The molecule has 0 spiro atoms. The predicted molar refractivity (Wildman–Crippen MR) is 94.8 cm³/mol. The van der Waals surface area contributed by atoms with Gasteiger partial charge in [0.25, 0.3) is 0 Å². The Morgan fingerprint density at radius 3 is 2.70 bits per heavy atom. The summed E-state index contributed by atoms with van der Waals surface area (Å²) in [7, 11) is 0. The summed E-state index contributed by atoms with van der Waals surface area (Å²) < 4.78 is 0. The molecule has 1 amide bonds. The van der Waals surface area contributed by atoms with Gasteiger partial charge in [-0.15, -0.1) is 0 Å². The smallest absolute Gasteiger partial charge is 0.223 e. The molecule has 2 unspecified atom stereocenters. The van der Waals surface area contributed by atoms with Crippen molar-refractivity contribution in [2.45, 2.75) is 58.7 Å². The fourth-order valence-corrected chi connectivity index (χ4v) is 3.34. The maximum Gasteiger partial charge on any atom is 0.223 e. The van der Waals surface area contributed by atoms with Gasteiger partial charge in [-0.2, -0.15) is 0 Å². The van der Waals surface area contributed by atoms with Gasteiger partial charge in [-0.05, 0) is 43.5 Å². The first-order chi connectivity index (χ1) is 11.1. The molecule has 1 fully saturated rings. The maximum absolute atomic E-state index is 12.3. The van der Waals surface area contributed by atoms with Gasteiger partial charge in [0.1, 0.15) is 0 Å². The van der Waals surface area contributed by atoms with E-state index >= 15 is 0 Å². The lowest BCUT2D eigenvalue weighted by atomic mass is 9.85. The number of nitrogens with two attached hydrogens (primary N) is 1. The van der Waals surface area contributed by atoms with E-state index in [0.29, 0.717) is 6.54 Å². The molecule has 1 aliphatic carbocycles. The summed E-state index contributed by atoms with van der Waals surface area (Å²) in [5, 5.41) is 3.09. The largest absolute Gasteiger partial charge is 0.352 e. The second-order valence-electron chi connectivity index (χ2n) is 6.62. The highest BCUT2D eigenvalue weighted by Gasteiger charge is 2.24. The van der Waals surface area contributed by atoms with Gasteiger partial charge in [-0.3, -0.25) is 9.69 Å². The molecule has 1 saturated carbocycles. The van der Waals surface area contributed by atoms with Crippen LogP contribution in [0.25, 0.3) is 0 Å². The topological polar surface area (TPSA) is 58.4 Å². The number of hydrogen-bond acceptors (Lipinski definition) is 3. The highest BCUT2D eigenvalue weighted by Crippen LogP contribution is 2.23. The number of rotatable bonds is 7. The summed E-state index contributed by atoms with van der Waals surface area (Å²) >= 11 is 0. The van der Waals surface area contributed by atoms with Gasteiger partial charge >= 0.3 is 0 Å². The van der Waals surface area contributed by atoms with E-state index < -0.39 is 0 Å². The average molecular weight is 317 g/mol. The molecule has 1 aromatic rings. The SMILES string of the molecule is CCN(CC)Cc1cccc(CNC(=O)C2CCCC(N)C2)c1. The van der Waals surface area contributed by atoms with Crippen LogP contribution in [-0.4, -0.2) is 29.9 Å². The molecular formula is C19H31N3O. The van der Waals surface area contributed by atoms with E-state index in [1.165, 1.54) is 11.1 Å². The van der Waals surface area contributed by atoms with Crippen LogP contribution in [0.5, 0.6) is 0 Å². The van der Waals surface area contributed by atoms with Crippen LogP contribution < -0.4 is 11.1 Å². The molecule has 4 nitrogen and oxygen atoms in total. The molecule has 3 N–H and O–H groups in total. The quantitative estimate of drug-likeness (QED) is 0.813. The molecule has 0 aliphatic heterocycles. The number of nitrogens with zero attached hydrogens (tertiary/aromatic N) is 1. The van der Waals surface area contributed by atoms with Crippen LogP contribution in [0.1, 0.15) is 50.7 Å². The summed E-state index contributed by atoms with van der Waals surface area (Å²) in [6.07, 6.45) is 3.92. The van der Waals surface area contributed by atoms with E-state index in [2.05, 4.69) is 48.3 Å². The fourth-order valence-electron chi connectivity index (χ4n) is 3.34. The van der Waals surface area contributed by atoms with Crippen molar-refractivity contribution in [3.8, 4) is 0 Å². The Kier molecular flexibility index (Phi) is 7.06. The van der Waals surface area contributed by atoms with Crippen molar-refractivity contribution in [1.29, 1.82) is 0 Å². The van der Waals surface area contributed by atoms with E-state index in [1.54, 1.807) is 0 Å². The van der Waals surface area contributed by atoms with E-state index in [0.717, 1.165) is 45.3 Å². The molecular weight excluding hydrogens is 286 g/mol. The second kappa shape index (κ2) is 9.04. The van der Waals surface area contributed by atoms with Crippen LogP contribution >= 0.6 is 0 Å². The lowest BCUT2D eigenvalue weighted by Crippen LogP contribution is -2.37. The number of carbonyl (C=O) groups excluding carboxylic acids is 1. The Labute approximate surface area is 140 Å². The minimum Gasteiger partial charge on any atom is -0.352 e. The molecule has 0 saturated heterocycles. The maximum atomic E-state index is 12.3. The molecule has 4 heteroatoms. The molecule has 0 aromatic heterocycles.